The Balaban J connectivity index is 2.24. The molecular weight excluding hydrogens is 232 g/mol. The second kappa shape index (κ2) is 7.48. The van der Waals surface area contributed by atoms with Gasteiger partial charge in [-0.2, -0.15) is 0 Å². The molecule has 0 unspecified atom stereocenters. The summed E-state index contributed by atoms with van der Waals surface area (Å²) in [6, 6.07) is 8.93. The first-order valence-electron chi connectivity index (χ1n) is 5.97. The monoisotopic (exact) mass is 250 g/mol. The Hall–Kier alpha value is -1.84. The molecule has 1 rings (SSSR count). The van der Waals surface area contributed by atoms with Crippen LogP contribution in [0.15, 0.2) is 30.3 Å². The summed E-state index contributed by atoms with van der Waals surface area (Å²) in [5, 5.41) is 0. The second-order valence-corrected chi connectivity index (χ2v) is 4.10. The van der Waals surface area contributed by atoms with Crippen LogP contribution in [0.4, 0.5) is 0 Å². The summed E-state index contributed by atoms with van der Waals surface area (Å²) in [4.78, 5) is 22.6. The predicted molar refractivity (Wildman–Crippen MR) is 67.1 cm³/mol. The van der Waals surface area contributed by atoms with Gasteiger partial charge in [0.15, 0.2) is 0 Å². The molecule has 1 aromatic rings. The Bertz CT molecular complexity index is 386. The maximum absolute atomic E-state index is 11.5. The van der Waals surface area contributed by atoms with Gasteiger partial charge >= 0.3 is 11.9 Å². The van der Waals surface area contributed by atoms with E-state index < -0.39 is 0 Å². The number of carbonyl (C=O) groups is 2. The van der Waals surface area contributed by atoms with E-state index >= 15 is 0 Å². The molecule has 0 amide bonds. The molecule has 0 bridgehead atoms. The fraction of sp³-hybridized carbons (Fsp3) is 0.429. The van der Waals surface area contributed by atoms with Crippen LogP contribution in [0.3, 0.4) is 0 Å². The highest BCUT2D eigenvalue weighted by molar-refractivity contribution is 5.73. The first-order valence-corrected chi connectivity index (χ1v) is 5.97. The lowest BCUT2D eigenvalue weighted by Crippen LogP contribution is -2.14. The number of benzene rings is 1. The van der Waals surface area contributed by atoms with Crippen LogP contribution < -0.4 is 4.74 Å². The van der Waals surface area contributed by atoms with Crippen molar-refractivity contribution < 1.29 is 19.1 Å². The van der Waals surface area contributed by atoms with Crippen LogP contribution >= 0.6 is 0 Å². The van der Waals surface area contributed by atoms with E-state index in [-0.39, 0.29) is 17.9 Å². The summed E-state index contributed by atoms with van der Waals surface area (Å²) in [5.41, 5.74) is 0. The molecule has 0 aliphatic carbocycles. The van der Waals surface area contributed by atoms with Gasteiger partial charge in [0.25, 0.3) is 0 Å². The van der Waals surface area contributed by atoms with Gasteiger partial charge in [-0.25, -0.2) is 0 Å². The molecule has 0 fully saturated rings. The van der Waals surface area contributed by atoms with Crippen molar-refractivity contribution in [2.45, 2.75) is 26.2 Å². The predicted octanol–water partition coefficient (Wildman–Crippen LogP) is 2.57. The highest BCUT2D eigenvalue weighted by Crippen LogP contribution is 2.13. The van der Waals surface area contributed by atoms with Gasteiger partial charge in [0.2, 0.25) is 0 Å². The smallest absolute Gasteiger partial charge is 0.311 e. The van der Waals surface area contributed by atoms with Gasteiger partial charge in [0.05, 0.1) is 13.0 Å². The van der Waals surface area contributed by atoms with Crippen LogP contribution in [0, 0.1) is 5.92 Å². The van der Waals surface area contributed by atoms with Gasteiger partial charge in [0.1, 0.15) is 5.75 Å². The highest BCUT2D eigenvalue weighted by Gasteiger charge is 2.13. The zero-order valence-corrected chi connectivity index (χ0v) is 10.7. The molecule has 1 aromatic carbocycles. The molecule has 0 saturated heterocycles. The molecule has 0 heterocycles. The van der Waals surface area contributed by atoms with Crippen molar-refractivity contribution in [3.63, 3.8) is 0 Å². The zero-order chi connectivity index (χ0) is 13.4. The Labute approximate surface area is 107 Å². The standard InChI is InChI=1S/C14H18O4/c1-11(14(16)17-2)7-6-10-13(15)18-12-8-4-3-5-9-12/h3-5,8-9,11H,6-7,10H2,1-2H3/t11-/m1/s1. The first kappa shape index (κ1) is 14.2. The molecule has 0 radical (unpaired) electrons. The SMILES string of the molecule is COC(=O)[C@H](C)CCCC(=O)Oc1ccccc1. The summed E-state index contributed by atoms with van der Waals surface area (Å²) < 4.78 is 9.74. The molecule has 4 heteroatoms. The molecule has 0 spiro atoms. The largest absolute Gasteiger partial charge is 0.469 e. The van der Waals surface area contributed by atoms with Crippen molar-refractivity contribution in [3.8, 4) is 5.75 Å². The summed E-state index contributed by atoms with van der Waals surface area (Å²) >= 11 is 0. The first-order chi connectivity index (χ1) is 8.63. The van der Waals surface area contributed by atoms with E-state index in [1.54, 1.807) is 19.1 Å². The average molecular weight is 250 g/mol. The topological polar surface area (TPSA) is 52.6 Å². The maximum atomic E-state index is 11.5. The van der Waals surface area contributed by atoms with Crippen molar-refractivity contribution in [2.24, 2.45) is 5.92 Å². The Morgan fingerprint density at radius 3 is 2.50 bits per heavy atom. The third-order valence-corrected chi connectivity index (χ3v) is 2.60. The van der Waals surface area contributed by atoms with Crippen molar-refractivity contribution in [2.75, 3.05) is 7.11 Å². The van der Waals surface area contributed by atoms with Gasteiger partial charge in [-0.05, 0) is 25.0 Å². The van der Waals surface area contributed by atoms with Crippen LogP contribution in [0.2, 0.25) is 0 Å². The van der Waals surface area contributed by atoms with Crippen molar-refractivity contribution in [3.05, 3.63) is 30.3 Å². The van der Waals surface area contributed by atoms with Gasteiger partial charge < -0.3 is 9.47 Å². The van der Waals surface area contributed by atoms with Crippen LogP contribution in [0.5, 0.6) is 5.75 Å². The van der Waals surface area contributed by atoms with Crippen LogP contribution in [0.1, 0.15) is 26.2 Å². The van der Waals surface area contributed by atoms with E-state index in [9.17, 15) is 9.59 Å². The van der Waals surface area contributed by atoms with E-state index in [1.165, 1.54) is 7.11 Å². The summed E-state index contributed by atoms with van der Waals surface area (Å²) in [6.45, 7) is 1.79. The molecular formula is C14H18O4. The number of methoxy groups -OCH3 is 1. The van der Waals surface area contributed by atoms with Crippen LogP contribution in [0.25, 0.3) is 0 Å². The number of hydrogen-bond acceptors (Lipinski definition) is 4. The highest BCUT2D eigenvalue weighted by atomic mass is 16.5. The van der Waals surface area contributed by atoms with E-state index in [4.69, 9.17) is 4.74 Å². The minimum Gasteiger partial charge on any atom is -0.469 e. The Kier molecular flexibility index (Phi) is 5.91. The summed E-state index contributed by atoms with van der Waals surface area (Å²) in [6.07, 6.45) is 1.54. The molecule has 0 N–H and O–H groups in total. The number of esters is 2. The number of para-hydroxylation sites is 1. The van der Waals surface area contributed by atoms with Crippen LogP contribution in [-0.2, 0) is 14.3 Å². The number of carbonyl (C=O) groups excluding carboxylic acids is 2. The van der Waals surface area contributed by atoms with Crippen molar-refractivity contribution in [1.29, 1.82) is 0 Å². The minimum atomic E-state index is -0.279. The van der Waals surface area contributed by atoms with E-state index in [0.717, 1.165) is 0 Å². The number of hydrogen-bond donors (Lipinski definition) is 0. The lowest BCUT2D eigenvalue weighted by molar-refractivity contribution is -0.145. The average Bonchev–Trinajstić information content (AvgIpc) is 2.38. The number of ether oxygens (including phenoxy) is 2. The third-order valence-electron chi connectivity index (χ3n) is 2.60. The molecule has 0 aliphatic rings. The van der Waals surface area contributed by atoms with E-state index in [1.807, 2.05) is 18.2 Å². The molecule has 0 aliphatic heterocycles. The lowest BCUT2D eigenvalue weighted by Gasteiger charge is -2.08. The fourth-order valence-corrected chi connectivity index (χ4v) is 1.54. The van der Waals surface area contributed by atoms with Gasteiger partial charge in [0, 0.05) is 6.42 Å². The normalized spacial score (nSPS) is 11.7. The second-order valence-electron chi connectivity index (χ2n) is 4.10. The maximum Gasteiger partial charge on any atom is 0.311 e. The summed E-state index contributed by atoms with van der Waals surface area (Å²) in [5.74, 6) is -0.160. The molecule has 0 aromatic heterocycles. The van der Waals surface area contributed by atoms with Crippen molar-refractivity contribution >= 4 is 11.9 Å². The molecule has 1 atom stereocenters. The lowest BCUT2D eigenvalue weighted by atomic mass is 10.0. The van der Waals surface area contributed by atoms with Crippen molar-refractivity contribution in [1.82, 2.24) is 0 Å². The minimum absolute atomic E-state index is 0.181. The number of rotatable bonds is 6. The van der Waals surface area contributed by atoms with E-state index in [0.29, 0.717) is 25.0 Å². The third kappa shape index (κ3) is 4.99. The molecule has 0 saturated carbocycles. The Morgan fingerprint density at radius 1 is 1.22 bits per heavy atom. The van der Waals surface area contributed by atoms with Gasteiger partial charge in [-0.15, -0.1) is 0 Å². The quantitative estimate of drug-likeness (QED) is 0.575. The Morgan fingerprint density at radius 2 is 1.89 bits per heavy atom. The molecule has 18 heavy (non-hydrogen) atoms. The van der Waals surface area contributed by atoms with Gasteiger partial charge in [-0.3, -0.25) is 9.59 Å². The van der Waals surface area contributed by atoms with E-state index in [2.05, 4.69) is 4.74 Å². The zero-order valence-electron chi connectivity index (χ0n) is 10.7. The molecule has 98 valence electrons. The summed E-state index contributed by atoms with van der Waals surface area (Å²) in [7, 11) is 1.36. The van der Waals surface area contributed by atoms with Crippen LogP contribution in [-0.4, -0.2) is 19.0 Å². The fourth-order valence-electron chi connectivity index (χ4n) is 1.54. The van der Waals surface area contributed by atoms with Gasteiger partial charge in [-0.1, -0.05) is 25.1 Å². The molecule has 4 nitrogen and oxygen atoms in total.